The Morgan fingerprint density at radius 3 is 2.83 bits per heavy atom. The first-order valence-corrected chi connectivity index (χ1v) is 8.77. The highest BCUT2D eigenvalue weighted by atomic mass is 32.2. The highest BCUT2D eigenvalue weighted by Crippen LogP contribution is 2.47. The molecule has 3 rings (SSSR count). The third-order valence-electron chi connectivity index (χ3n) is 4.63. The summed E-state index contributed by atoms with van der Waals surface area (Å²) in [7, 11) is 0. The molecule has 0 spiro atoms. The molecule has 2 unspecified atom stereocenters. The van der Waals surface area contributed by atoms with Gasteiger partial charge in [0.2, 0.25) is 0 Å². The van der Waals surface area contributed by atoms with Crippen molar-refractivity contribution in [2.45, 2.75) is 44.0 Å². The van der Waals surface area contributed by atoms with Crippen LogP contribution in [0.15, 0.2) is 35.7 Å². The zero-order valence-electron chi connectivity index (χ0n) is 13.6. The summed E-state index contributed by atoms with van der Waals surface area (Å²) in [5.41, 5.74) is -1.15. The average molecular weight is 349 g/mol. The zero-order chi connectivity index (χ0) is 17.3. The SMILES string of the molecule is CC(=O)Sc1ncnn1CC(O)(c1ccccc1F)C(C)C1CC1. The molecule has 1 aliphatic carbocycles. The molecular weight excluding hydrogens is 329 g/mol. The Bertz CT molecular complexity index is 747. The molecule has 0 amide bonds. The summed E-state index contributed by atoms with van der Waals surface area (Å²) in [5, 5.41) is 15.9. The number of hydrogen-bond acceptors (Lipinski definition) is 5. The van der Waals surface area contributed by atoms with E-state index in [1.807, 2.05) is 6.92 Å². The molecule has 2 aromatic rings. The van der Waals surface area contributed by atoms with Crippen LogP contribution >= 0.6 is 11.8 Å². The fourth-order valence-corrected chi connectivity index (χ4v) is 3.64. The second kappa shape index (κ2) is 6.64. The zero-order valence-corrected chi connectivity index (χ0v) is 14.5. The van der Waals surface area contributed by atoms with Crippen molar-refractivity contribution in [3.05, 3.63) is 42.0 Å². The third kappa shape index (κ3) is 3.37. The maximum absolute atomic E-state index is 14.4. The lowest BCUT2D eigenvalue weighted by molar-refractivity contribution is -0.109. The van der Waals surface area contributed by atoms with Crippen LogP contribution in [0.25, 0.3) is 0 Å². The van der Waals surface area contributed by atoms with Crippen molar-refractivity contribution in [3.63, 3.8) is 0 Å². The van der Waals surface area contributed by atoms with E-state index in [0.29, 0.717) is 11.1 Å². The van der Waals surface area contributed by atoms with Gasteiger partial charge in [-0.25, -0.2) is 14.1 Å². The molecule has 1 N–H and O–H groups in total. The van der Waals surface area contributed by atoms with E-state index in [4.69, 9.17) is 0 Å². The topological polar surface area (TPSA) is 68.0 Å². The Morgan fingerprint density at radius 1 is 1.50 bits per heavy atom. The Labute approximate surface area is 144 Å². The van der Waals surface area contributed by atoms with E-state index in [9.17, 15) is 14.3 Å². The van der Waals surface area contributed by atoms with Gasteiger partial charge in [0.25, 0.3) is 0 Å². The van der Waals surface area contributed by atoms with Gasteiger partial charge in [0.05, 0.1) is 6.54 Å². The molecule has 5 nitrogen and oxygen atoms in total. The van der Waals surface area contributed by atoms with Crippen LogP contribution in [0.2, 0.25) is 0 Å². The first-order valence-electron chi connectivity index (χ1n) is 7.95. The van der Waals surface area contributed by atoms with Crippen LogP contribution in [0, 0.1) is 17.7 Å². The number of halogens is 1. The van der Waals surface area contributed by atoms with Gasteiger partial charge < -0.3 is 5.11 Å². The summed E-state index contributed by atoms with van der Waals surface area (Å²) in [4.78, 5) is 15.4. The van der Waals surface area contributed by atoms with E-state index >= 15 is 0 Å². The van der Waals surface area contributed by atoms with Gasteiger partial charge in [0.15, 0.2) is 10.3 Å². The lowest BCUT2D eigenvalue weighted by Crippen LogP contribution is -2.40. The number of rotatable bonds is 6. The largest absolute Gasteiger partial charge is 0.383 e. The number of aromatic nitrogens is 3. The van der Waals surface area contributed by atoms with Gasteiger partial charge in [-0.05, 0) is 42.5 Å². The van der Waals surface area contributed by atoms with Gasteiger partial charge in [-0.15, -0.1) is 0 Å². The van der Waals surface area contributed by atoms with Crippen molar-refractivity contribution in [1.29, 1.82) is 0 Å². The van der Waals surface area contributed by atoms with E-state index in [-0.39, 0.29) is 23.1 Å². The third-order valence-corrected chi connectivity index (χ3v) is 5.41. The van der Waals surface area contributed by atoms with Crippen LogP contribution in [0.1, 0.15) is 32.3 Å². The van der Waals surface area contributed by atoms with Gasteiger partial charge >= 0.3 is 0 Å². The molecule has 2 atom stereocenters. The average Bonchev–Trinajstić information content (AvgIpc) is 3.30. The molecular formula is C17H20FN3O2S. The molecule has 1 aromatic heterocycles. The molecule has 7 heteroatoms. The van der Waals surface area contributed by atoms with Gasteiger partial charge in [0.1, 0.15) is 17.7 Å². The monoisotopic (exact) mass is 349 g/mol. The standard InChI is InChI=1S/C17H20FN3O2S/c1-11(13-7-8-13)17(23,14-5-3-4-6-15(14)18)9-21-16(19-10-20-21)24-12(2)22/h3-6,10-11,13,23H,7-9H2,1-2H3. The number of carbonyl (C=O) groups is 1. The predicted molar refractivity (Wildman–Crippen MR) is 88.7 cm³/mol. The maximum atomic E-state index is 14.4. The highest BCUT2D eigenvalue weighted by Gasteiger charge is 2.46. The fourth-order valence-electron chi connectivity index (χ4n) is 3.07. The van der Waals surface area contributed by atoms with E-state index in [0.717, 1.165) is 24.6 Å². The van der Waals surface area contributed by atoms with E-state index in [2.05, 4.69) is 10.1 Å². The number of aliphatic hydroxyl groups is 1. The summed E-state index contributed by atoms with van der Waals surface area (Å²) in [5.74, 6) is -0.204. The van der Waals surface area contributed by atoms with Gasteiger partial charge in [-0.2, -0.15) is 5.10 Å². The molecule has 1 fully saturated rings. The Morgan fingerprint density at radius 2 is 2.21 bits per heavy atom. The summed E-state index contributed by atoms with van der Waals surface area (Å²) in [6.07, 6.45) is 3.41. The lowest BCUT2D eigenvalue weighted by Gasteiger charge is -2.35. The summed E-state index contributed by atoms with van der Waals surface area (Å²) < 4.78 is 15.9. The second-order valence-corrected chi connectivity index (χ2v) is 7.47. The van der Waals surface area contributed by atoms with Crippen LogP contribution in [0.3, 0.4) is 0 Å². The number of benzene rings is 1. The minimum absolute atomic E-state index is 0.0568. The second-order valence-electron chi connectivity index (χ2n) is 6.32. The van der Waals surface area contributed by atoms with Crippen molar-refractivity contribution in [2.75, 3.05) is 0 Å². The molecule has 1 aromatic carbocycles. The van der Waals surface area contributed by atoms with E-state index in [1.54, 1.807) is 18.2 Å². The Kier molecular flexibility index (Phi) is 4.73. The van der Waals surface area contributed by atoms with Crippen LogP contribution in [0.4, 0.5) is 4.39 Å². The molecule has 24 heavy (non-hydrogen) atoms. The van der Waals surface area contributed by atoms with Gasteiger partial charge in [-0.1, -0.05) is 25.1 Å². The van der Waals surface area contributed by atoms with Crippen molar-refractivity contribution >= 4 is 16.9 Å². The van der Waals surface area contributed by atoms with E-state index in [1.165, 1.54) is 24.0 Å². The quantitative estimate of drug-likeness (QED) is 0.812. The van der Waals surface area contributed by atoms with Crippen molar-refractivity contribution in [2.24, 2.45) is 11.8 Å². The first-order chi connectivity index (χ1) is 11.4. The first kappa shape index (κ1) is 17.1. The summed E-state index contributed by atoms with van der Waals surface area (Å²) in [6, 6.07) is 6.29. The molecule has 1 aliphatic rings. The molecule has 128 valence electrons. The van der Waals surface area contributed by atoms with Crippen molar-refractivity contribution in [3.8, 4) is 0 Å². The highest BCUT2D eigenvalue weighted by molar-refractivity contribution is 8.13. The van der Waals surface area contributed by atoms with Crippen LogP contribution in [0.5, 0.6) is 0 Å². The van der Waals surface area contributed by atoms with Crippen molar-refractivity contribution in [1.82, 2.24) is 14.8 Å². The van der Waals surface area contributed by atoms with Gasteiger partial charge in [0, 0.05) is 12.5 Å². The smallest absolute Gasteiger partial charge is 0.193 e. The fraction of sp³-hybridized carbons (Fsp3) is 0.471. The molecule has 0 radical (unpaired) electrons. The number of thioether (sulfide) groups is 1. The minimum Gasteiger partial charge on any atom is -0.383 e. The lowest BCUT2D eigenvalue weighted by atomic mass is 9.79. The van der Waals surface area contributed by atoms with Crippen LogP contribution < -0.4 is 0 Å². The van der Waals surface area contributed by atoms with Gasteiger partial charge in [-0.3, -0.25) is 4.79 Å². The number of hydrogen-bond donors (Lipinski definition) is 1. The summed E-state index contributed by atoms with van der Waals surface area (Å²) >= 11 is 0.953. The van der Waals surface area contributed by atoms with Crippen LogP contribution in [-0.2, 0) is 16.9 Å². The molecule has 0 bridgehead atoms. The Balaban J connectivity index is 1.98. The Hall–Kier alpha value is -1.73. The predicted octanol–water partition coefficient (Wildman–Crippen LogP) is 2.99. The summed E-state index contributed by atoms with van der Waals surface area (Å²) in [6.45, 7) is 3.44. The molecule has 0 saturated heterocycles. The van der Waals surface area contributed by atoms with E-state index < -0.39 is 11.4 Å². The van der Waals surface area contributed by atoms with Crippen LogP contribution in [-0.4, -0.2) is 25.0 Å². The van der Waals surface area contributed by atoms with Crippen molar-refractivity contribution < 1.29 is 14.3 Å². The minimum atomic E-state index is -1.41. The molecule has 1 saturated carbocycles. The molecule has 0 aliphatic heterocycles. The normalized spacial score (nSPS) is 18.2. The maximum Gasteiger partial charge on any atom is 0.193 e. The molecule has 1 heterocycles. The number of nitrogens with zero attached hydrogens (tertiary/aromatic N) is 3. The number of carbonyl (C=O) groups excluding carboxylic acids is 1.